The number of likely N-dealkylation sites (tertiary alicyclic amines) is 1. The molecule has 0 aliphatic carbocycles. The Bertz CT molecular complexity index is 506. The minimum Gasteiger partial charge on any atom is -0.329 e. The Morgan fingerprint density at radius 2 is 2.19 bits per heavy atom. The van der Waals surface area contributed by atoms with Gasteiger partial charge in [-0.15, -0.1) is 0 Å². The second-order valence-electron chi connectivity index (χ2n) is 6.46. The number of rotatable bonds is 5. The molecule has 2 rings (SSSR count). The maximum Gasteiger partial charge on any atom is 0.272 e. The topological polar surface area (TPSA) is 72.4 Å². The lowest BCUT2D eigenvalue weighted by molar-refractivity contribution is -0.385. The summed E-state index contributed by atoms with van der Waals surface area (Å²) in [7, 11) is 0. The summed E-state index contributed by atoms with van der Waals surface area (Å²) >= 11 is 0. The van der Waals surface area contributed by atoms with Gasteiger partial charge in [-0.3, -0.25) is 15.0 Å². The zero-order chi connectivity index (χ0) is 15.5. The predicted molar refractivity (Wildman–Crippen MR) is 84.2 cm³/mol. The molecular formula is C16H25N3O2. The van der Waals surface area contributed by atoms with Gasteiger partial charge in [-0.1, -0.05) is 25.1 Å². The van der Waals surface area contributed by atoms with Crippen LogP contribution in [0.15, 0.2) is 24.3 Å². The first kappa shape index (κ1) is 15.9. The molecule has 0 amide bonds. The summed E-state index contributed by atoms with van der Waals surface area (Å²) in [6.07, 6.45) is 3.05. The number of benzene rings is 1. The highest BCUT2D eigenvalue weighted by molar-refractivity contribution is 5.41. The Balaban J connectivity index is 2.23. The van der Waals surface area contributed by atoms with Gasteiger partial charge in [0.1, 0.15) is 0 Å². The third-order valence-corrected chi connectivity index (χ3v) is 4.62. The van der Waals surface area contributed by atoms with Gasteiger partial charge in [0.25, 0.3) is 5.69 Å². The molecule has 0 aromatic heterocycles. The summed E-state index contributed by atoms with van der Waals surface area (Å²) in [6, 6.07) is 6.99. The normalized spacial score (nSPS) is 22.7. The van der Waals surface area contributed by atoms with E-state index in [2.05, 4.69) is 18.7 Å². The molecule has 2 atom stereocenters. The summed E-state index contributed by atoms with van der Waals surface area (Å²) < 4.78 is 0. The van der Waals surface area contributed by atoms with Crippen molar-refractivity contribution < 1.29 is 4.92 Å². The van der Waals surface area contributed by atoms with Crippen LogP contribution in [-0.4, -0.2) is 35.0 Å². The van der Waals surface area contributed by atoms with Gasteiger partial charge in [0, 0.05) is 30.3 Å². The third kappa shape index (κ3) is 3.60. The molecular weight excluding hydrogens is 266 g/mol. The minimum atomic E-state index is -0.300. The van der Waals surface area contributed by atoms with Gasteiger partial charge in [-0.05, 0) is 38.6 Å². The van der Waals surface area contributed by atoms with Crippen molar-refractivity contribution >= 4 is 5.69 Å². The number of piperidine rings is 1. The maximum atomic E-state index is 11.2. The molecule has 1 aliphatic rings. The lowest BCUT2D eigenvalue weighted by Gasteiger charge is -2.44. The Morgan fingerprint density at radius 3 is 2.81 bits per heavy atom. The predicted octanol–water partition coefficient (Wildman–Crippen LogP) is 2.59. The maximum absolute atomic E-state index is 11.2. The Kier molecular flexibility index (Phi) is 4.96. The summed E-state index contributed by atoms with van der Waals surface area (Å²) in [4.78, 5) is 13.3. The van der Waals surface area contributed by atoms with Crippen LogP contribution in [0.2, 0.25) is 0 Å². The fraction of sp³-hybridized carbons (Fsp3) is 0.625. The number of nitrogens with zero attached hydrogens (tertiary/aromatic N) is 2. The lowest BCUT2D eigenvalue weighted by atomic mass is 9.86. The Hall–Kier alpha value is -1.46. The third-order valence-electron chi connectivity index (χ3n) is 4.62. The Morgan fingerprint density at radius 1 is 1.48 bits per heavy atom. The first-order valence-corrected chi connectivity index (χ1v) is 7.63. The van der Waals surface area contributed by atoms with Crippen molar-refractivity contribution in [3.8, 4) is 0 Å². The van der Waals surface area contributed by atoms with Crippen LogP contribution in [-0.2, 0) is 6.42 Å². The smallest absolute Gasteiger partial charge is 0.272 e. The molecule has 2 unspecified atom stereocenters. The van der Waals surface area contributed by atoms with Crippen LogP contribution in [0.3, 0.4) is 0 Å². The number of nitrogens with two attached hydrogens (primary N) is 1. The average molecular weight is 291 g/mol. The van der Waals surface area contributed by atoms with Crippen molar-refractivity contribution in [2.75, 3.05) is 19.6 Å². The number of nitro groups is 1. The summed E-state index contributed by atoms with van der Waals surface area (Å²) in [6.45, 7) is 6.94. The van der Waals surface area contributed by atoms with Crippen LogP contribution in [0.5, 0.6) is 0 Å². The highest BCUT2D eigenvalue weighted by Crippen LogP contribution is 2.29. The highest BCUT2D eigenvalue weighted by atomic mass is 16.6. The molecule has 0 radical (unpaired) electrons. The zero-order valence-electron chi connectivity index (χ0n) is 12.9. The van der Waals surface area contributed by atoms with Crippen LogP contribution in [0.25, 0.3) is 0 Å². The van der Waals surface area contributed by atoms with Gasteiger partial charge >= 0.3 is 0 Å². The molecule has 5 nitrogen and oxygen atoms in total. The molecule has 0 bridgehead atoms. The monoisotopic (exact) mass is 291 g/mol. The molecule has 5 heteroatoms. The number of hydrogen-bond donors (Lipinski definition) is 1. The lowest BCUT2D eigenvalue weighted by Crippen LogP contribution is -2.56. The van der Waals surface area contributed by atoms with Crippen molar-refractivity contribution in [3.63, 3.8) is 0 Å². The number of nitro benzene ring substituents is 1. The second kappa shape index (κ2) is 6.54. The summed E-state index contributed by atoms with van der Waals surface area (Å²) in [5, 5.41) is 11.2. The van der Waals surface area contributed by atoms with Crippen LogP contribution >= 0.6 is 0 Å². The van der Waals surface area contributed by atoms with E-state index in [-0.39, 0.29) is 16.1 Å². The number of hydrogen-bond acceptors (Lipinski definition) is 4. The molecule has 1 fully saturated rings. The van der Waals surface area contributed by atoms with Gasteiger partial charge in [0.05, 0.1) is 4.92 Å². The molecule has 0 saturated carbocycles. The standard InChI is InChI=1S/C16H25N3O2/c1-13-6-5-9-18(11-13)16(2,12-17)10-14-7-3-4-8-15(14)19(20)21/h3-4,7-8,13H,5-6,9-12,17H2,1-2H3. The molecule has 1 aliphatic heterocycles. The largest absolute Gasteiger partial charge is 0.329 e. The molecule has 1 aromatic carbocycles. The second-order valence-corrected chi connectivity index (χ2v) is 6.46. The van der Waals surface area contributed by atoms with Crippen LogP contribution in [0.4, 0.5) is 5.69 Å². The first-order valence-electron chi connectivity index (χ1n) is 7.63. The van der Waals surface area contributed by atoms with E-state index in [1.165, 1.54) is 12.8 Å². The molecule has 1 aromatic rings. The molecule has 2 N–H and O–H groups in total. The van der Waals surface area contributed by atoms with E-state index in [0.717, 1.165) is 18.7 Å². The van der Waals surface area contributed by atoms with Crippen molar-refractivity contribution in [2.24, 2.45) is 11.7 Å². The zero-order valence-corrected chi connectivity index (χ0v) is 12.9. The summed E-state index contributed by atoms with van der Waals surface area (Å²) in [5.41, 5.74) is 6.79. The van der Waals surface area contributed by atoms with Gasteiger partial charge in [0.2, 0.25) is 0 Å². The van der Waals surface area contributed by atoms with E-state index in [9.17, 15) is 10.1 Å². The quantitative estimate of drug-likeness (QED) is 0.668. The highest BCUT2D eigenvalue weighted by Gasteiger charge is 2.34. The van der Waals surface area contributed by atoms with E-state index in [0.29, 0.717) is 18.9 Å². The summed E-state index contributed by atoms with van der Waals surface area (Å²) in [5.74, 6) is 0.662. The average Bonchev–Trinajstić information content (AvgIpc) is 2.47. The van der Waals surface area contributed by atoms with Crippen LogP contribution < -0.4 is 5.73 Å². The fourth-order valence-corrected chi connectivity index (χ4v) is 3.24. The van der Waals surface area contributed by atoms with Crippen molar-refractivity contribution in [3.05, 3.63) is 39.9 Å². The molecule has 0 spiro atoms. The first-order chi connectivity index (χ1) is 9.96. The fourth-order valence-electron chi connectivity index (χ4n) is 3.24. The van der Waals surface area contributed by atoms with Crippen LogP contribution in [0, 0.1) is 16.0 Å². The van der Waals surface area contributed by atoms with Crippen molar-refractivity contribution in [1.29, 1.82) is 0 Å². The minimum absolute atomic E-state index is 0.197. The molecule has 116 valence electrons. The van der Waals surface area contributed by atoms with E-state index < -0.39 is 0 Å². The molecule has 1 heterocycles. The van der Waals surface area contributed by atoms with E-state index in [1.54, 1.807) is 12.1 Å². The molecule has 21 heavy (non-hydrogen) atoms. The Labute approximate surface area is 126 Å². The van der Waals surface area contributed by atoms with E-state index in [1.807, 2.05) is 12.1 Å². The van der Waals surface area contributed by atoms with Crippen molar-refractivity contribution in [2.45, 2.75) is 38.6 Å². The SMILES string of the molecule is CC1CCCN(C(C)(CN)Cc2ccccc2[N+](=O)[O-])C1. The van der Waals surface area contributed by atoms with Gasteiger partial charge in [-0.2, -0.15) is 0 Å². The van der Waals surface area contributed by atoms with E-state index >= 15 is 0 Å². The van der Waals surface area contributed by atoms with Gasteiger partial charge in [-0.25, -0.2) is 0 Å². The van der Waals surface area contributed by atoms with Gasteiger partial charge < -0.3 is 5.73 Å². The van der Waals surface area contributed by atoms with Crippen LogP contribution in [0.1, 0.15) is 32.3 Å². The van der Waals surface area contributed by atoms with Gasteiger partial charge in [0.15, 0.2) is 0 Å². The molecule has 1 saturated heterocycles. The van der Waals surface area contributed by atoms with E-state index in [4.69, 9.17) is 5.73 Å². The number of para-hydroxylation sites is 1. The van der Waals surface area contributed by atoms with Crippen molar-refractivity contribution in [1.82, 2.24) is 4.90 Å².